The van der Waals surface area contributed by atoms with Gasteiger partial charge in [-0.2, -0.15) is 5.10 Å². The highest BCUT2D eigenvalue weighted by Crippen LogP contribution is 2.27. The van der Waals surface area contributed by atoms with Gasteiger partial charge in [0.1, 0.15) is 18.2 Å². The molecule has 0 unspecified atom stereocenters. The number of ether oxygens (including phenoxy) is 1. The van der Waals surface area contributed by atoms with Crippen molar-refractivity contribution in [3.63, 3.8) is 0 Å². The zero-order chi connectivity index (χ0) is 23.9. The zero-order valence-corrected chi connectivity index (χ0v) is 18.4. The molecule has 4 aromatic carbocycles. The molecule has 6 nitrogen and oxygen atoms in total. The lowest BCUT2D eigenvalue weighted by Gasteiger charge is -2.12. The van der Waals surface area contributed by atoms with E-state index in [0.717, 1.165) is 10.8 Å². The number of nitrogens with zero attached hydrogens (tertiary/aromatic N) is 1. The van der Waals surface area contributed by atoms with Crippen LogP contribution >= 0.6 is 0 Å². The SMILES string of the molecule is CC(=O)Nc1cccc(C(=O)NN=Cc2c(OCc3ccccc3F)ccc3ccccc23)c1. The Morgan fingerprint density at radius 2 is 1.76 bits per heavy atom. The molecule has 0 aromatic heterocycles. The van der Waals surface area contributed by atoms with Gasteiger partial charge in [0.15, 0.2) is 0 Å². The lowest BCUT2D eigenvalue weighted by Crippen LogP contribution is -2.18. The standard InChI is InChI=1S/C27H22FN3O3/c1-18(32)30-22-10-6-9-20(15-22)27(33)31-29-16-24-23-11-4-2-7-19(23)13-14-26(24)34-17-21-8-3-5-12-25(21)28/h2-16H,17H2,1H3,(H,30,32)(H,31,33). The summed E-state index contributed by atoms with van der Waals surface area (Å²) in [5, 5.41) is 8.61. The lowest BCUT2D eigenvalue weighted by atomic mass is 10.0. The van der Waals surface area contributed by atoms with Gasteiger partial charge in [-0.05, 0) is 41.1 Å². The molecule has 0 spiro atoms. The second kappa shape index (κ2) is 10.4. The van der Waals surface area contributed by atoms with Crippen LogP contribution in [0.1, 0.15) is 28.4 Å². The van der Waals surface area contributed by atoms with E-state index in [1.165, 1.54) is 19.2 Å². The molecule has 0 bridgehead atoms. The van der Waals surface area contributed by atoms with Crippen molar-refractivity contribution >= 4 is 34.5 Å². The van der Waals surface area contributed by atoms with Gasteiger partial charge < -0.3 is 10.1 Å². The lowest BCUT2D eigenvalue weighted by molar-refractivity contribution is -0.114. The van der Waals surface area contributed by atoms with Crippen LogP contribution in [0.15, 0.2) is 90.0 Å². The normalized spacial score (nSPS) is 10.9. The maximum Gasteiger partial charge on any atom is 0.271 e. The van der Waals surface area contributed by atoms with Crippen LogP contribution in [0, 0.1) is 5.82 Å². The minimum Gasteiger partial charge on any atom is -0.488 e. The van der Waals surface area contributed by atoms with Crippen LogP contribution in [0.5, 0.6) is 5.75 Å². The van der Waals surface area contributed by atoms with E-state index < -0.39 is 5.91 Å². The van der Waals surface area contributed by atoms with Gasteiger partial charge in [0.2, 0.25) is 5.91 Å². The molecule has 0 fully saturated rings. The molecular formula is C27H22FN3O3. The largest absolute Gasteiger partial charge is 0.488 e. The molecular weight excluding hydrogens is 433 g/mol. The van der Waals surface area contributed by atoms with Gasteiger partial charge in [-0.3, -0.25) is 9.59 Å². The summed E-state index contributed by atoms with van der Waals surface area (Å²) in [4.78, 5) is 23.8. The number of hydrogen-bond acceptors (Lipinski definition) is 4. The van der Waals surface area contributed by atoms with Crippen molar-refractivity contribution in [3.05, 3.63) is 107 Å². The second-order valence-electron chi connectivity index (χ2n) is 7.54. The van der Waals surface area contributed by atoms with Crippen LogP contribution in [0.25, 0.3) is 10.8 Å². The van der Waals surface area contributed by atoms with Crippen molar-refractivity contribution in [2.45, 2.75) is 13.5 Å². The Morgan fingerprint density at radius 1 is 0.971 bits per heavy atom. The molecule has 2 N–H and O–H groups in total. The van der Waals surface area contributed by atoms with E-state index >= 15 is 0 Å². The van der Waals surface area contributed by atoms with E-state index in [0.29, 0.717) is 28.1 Å². The number of carbonyl (C=O) groups excluding carboxylic acids is 2. The van der Waals surface area contributed by atoms with Crippen LogP contribution < -0.4 is 15.5 Å². The highest BCUT2D eigenvalue weighted by atomic mass is 19.1. The number of anilines is 1. The van der Waals surface area contributed by atoms with Crippen LogP contribution in [0.4, 0.5) is 10.1 Å². The highest BCUT2D eigenvalue weighted by molar-refractivity contribution is 6.03. The van der Waals surface area contributed by atoms with Crippen LogP contribution in [0.3, 0.4) is 0 Å². The number of rotatable bonds is 7. The van der Waals surface area contributed by atoms with Gasteiger partial charge in [-0.25, -0.2) is 9.82 Å². The van der Waals surface area contributed by atoms with Gasteiger partial charge >= 0.3 is 0 Å². The number of fused-ring (bicyclic) bond motifs is 1. The number of carbonyl (C=O) groups is 2. The molecule has 0 heterocycles. The van der Waals surface area contributed by atoms with E-state index in [-0.39, 0.29) is 18.3 Å². The van der Waals surface area contributed by atoms with Crippen molar-refractivity contribution < 1.29 is 18.7 Å². The van der Waals surface area contributed by atoms with Crippen molar-refractivity contribution in [2.75, 3.05) is 5.32 Å². The van der Waals surface area contributed by atoms with Crippen molar-refractivity contribution in [1.82, 2.24) is 5.43 Å². The van der Waals surface area contributed by atoms with Crippen molar-refractivity contribution in [3.8, 4) is 5.75 Å². The second-order valence-corrected chi connectivity index (χ2v) is 7.54. The first kappa shape index (κ1) is 22.7. The van der Waals surface area contributed by atoms with Gasteiger partial charge in [-0.1, -0.05) is 54.6 Å². The van der Waals surface area contributed by atoms with E-state index in [1.807, 2.05) is 30.3 Å². The van der Waals surface area contributed by atoms with Gasteiger partial charge in [-0.15, -0.1) is 0 Å². The third kappa shape index (κ3) is 5.45. The first-order chi connectivity index (χ1) is 16.5. The van der Waals surface area contributed by atoms with Crippen molar-refractivity contribution in [2.24, 2.45) is 5.10 Å². The number of hydrogen-bond donors (Lipinski definition) is 2. The molecule has 4 rings (SSSR count). The first-order valence-electron chi connectivity index (χ1n) is 10.6. The van der Waals surface area contributed by atoms with Crippen LogP contribution in [-0.4, -0.2) is 18.0 Å². The Balaban J connectivity index is 1.56. The van der Waals surface area contributed by atoms with Crippen LogP contribution in [-0.2, 0) is 11.4 Å². The predicted molar refractivity (Wildman–Crippen MR) is 130 cm³/mol. The van der Waals surface area contributed by atoms with E-state index in [4.69, 9.17) is 4.74 Å². The fourth-order valence-corrected chi connectivity index (χ4v) is 3.47. The fraction of sp³-hybridized carbons (Fsp3) is 0.0741. The molecule has 0 aliphatic heterocycles. The van der Waals surface area contributed by atoms with E-state index in [1.54, 1.807) is 48.5 Å². The summed E-state index contributed by atoms with van der Waals surface area (Å²) < 4.78 is 19.9. The molecule has 0 saturated heterocycles. The monoisotopic (exact) mass is 455 g/mol. The summed E-state index contributed by atoms with van der Waals surface area (Å²) in [6.45, 7) is 1.45. The zero-order valence-electron chi connectivity index (χ0n) is 18.4. The minimum atomic E-state index is -0.433. The summed E-state index contributed by atoms with van der Waals surface area (Å²) >= 11 is 0. The van der Waals surface area contributed by atoms with Gasteiger partial charge in [0.05, 0.1) is 6.21 Å². The molecule has 2 amide bonds. The number of amides is 2. The van der Waals surface area contributed by atoms with Crippen LogP contribution in [0.2, 0.25) is 0 Å². The molecule has 0 saturated carbocycles. The predicted octanol–water partition coefficient (Wildman–Crippen LogP) is 5.28. The maximum absolute atomic E-state index is 14.0. The van der Waals surface area contributed by atoms with Gasteiger partial charge in [0, 0.05) is 29.3 Å². The summed E-state index contributed by atoms with van der Waals surface area (Å²) in [7, 11) is 0. The summed E-state index contributed by atoms with van der Waals surface area (Å²) in [6, 6.07) is 24.4. The summed E-state index contributed by atoms with van der Waals surface area (Å²) in [6.07, 6.45) is 1.51. The summed E-state index contributed by atoms with van der Waals surface area (Å²) in [5.41, 5.74) is 4.46. The number of hydrazone groups is 1. The Labute approximate surface area is 196 Å². The van der Waals surface area contributed by atoms with E-state index in [2.05, 4.69) is 15.8 Å². The fourth-order valence-electron chi connectivity index (χ4n) is 3.47. The number of halogens is 1. The molecule has 34 heavy (non-hydrogen) atoms. The summed E-state index contributed by atoms with van der Waals surface area (Å²) in [5.74, 6) is -0.494. The maximum atomic E-state index is 14.0. The molecule has 0 radical (unpaired) electrons. The molecule has 4 aromatic rings. The molecule has 0 atom stereocenters. The average Bonchev–Trinajstić information content (AvgIpc) is 2.84. The average molecular weight is 455 g/mol. The Hall–Kier alpha value is -4.52. The number of benzene rings is 4. The molecule has 170 valence electrons. The molecule has 0 aliphatic rings. The molecule has 0 aliphatic carbocycles. The number of nitrogens with one attached hydrogen (secondary N) is 2. The van der Waals surface area contributed by atoms with E-state index in [9.17, 15) is 14.0 Å². The van der Waals surface area contributed by atoms with Crippen molar-refractivity contribution in [1.29, 1.82) is 0 Å². The Morgan fingerprint density at radius 3 is 2.59 bits per heavy atom. The minimum absolute atomic E-state index is 0.0498. The highest BCUT2D eigenvalue weighted by Gasteiger charge is 2.10. The smallest absolute Gasteiger partial charge is 0.271 e. The first-order valence-corrected chi connectivity index (χ1v) is 10.6. The third-order valence-electron chi connectivity index (χ3n) is 5.08. The van der Waals surface area contributed by atoms with Gasteiger partial charge in [0.25, 0.3) is 5.91 Å². The topological polar surface area (TPSA) is 79.8 Å². The third-order valence-corrected chi connectivity index (χ3v) is 5.08. The Bertz CT molecular complexity index is 1380. The quantitative estimate of drug-likeness (QED) is 0.294. The Kier molecular flexibility index (Phi) is 6.93. The molecule has 7 heteroatoms.